The molecular formula is C12H21N3. The van der Waals surface area contributed by atoms with E-state index in [9.17, 15) is 0 Å². The number of nitrogens with one attached hydrogen (secondary N) is 1. The van der Waals surface area contributed by atoms with Crippen molar-refractivity contribution in [2.45, 2.75) is 19.4 Å². The van der Waals surface area contributed by atoms with Gasteiger partial charge in [-0.25, -0.2) is 0 Å². The summed E-state index contributed by atoms with van der Waals surface area (Å²) in [4.78, 5) is 2.55. The predicted octanol–water partition coefficient (Wildman–Crippen LogP) is 1.17. The second-order valence-electron chi connectivity index (χ2n) is 4.86. The molecule has 0 saturated carbocycles. The third-order valence-electron chi connectivity index (χ3n) is 3.45. The van der Waals surface area contributed by atoms with Gasteiger partial charge in [0.25, 0.3) is 0 Å². The number of nitrogens with zero attached hydrogens (tertiary/aromatic N) is 2. The van der Waals surface area contributed by atoms with Crippen molar-refractivity contribution in [1.82, 2.24) is 14.8 Å². The van der Waals surface area contributed by atoms with Crippen molar-refractivity contribution < 1.29 is 0 Å². The topological polar surface area (TPSA) is 20.2 Å². The Morgan fingerprint density at radius 3 is 2.47 bits per heavy atom. The standard InChI is InChI=1S/C12H21N3/c1-12(2,11-4-7-14(3)10-11)15-8-5-13-6-9-15/h4,7,10,13H,5-6,8-9H2,1-3H3. The molecule has 1 aliphatic heterocycles. The van der Waals surface area contributed by atoms with Crippen molar-refractivity contribution in [3.05, 3.63) is 24.0 Å². The first-order valence-corrected chi connectivity index (χ1v) is 5.69. The molecule has 0 atom stereocenters. The maximum Gasteiger partial charge on any atom is 0.0420 e. The highest BCUT2D eigenvalue weighted by molar-refractivity contribution is 5.20. The van der Waals surface area contributed by atoms with Crippen molar-refractivity contribution >= 4 is 0 Å². The minimum absolute atomic E-state index is 0.156. The zero-order valence-electron chi connectivity index (χ0n) is 9.95. The van der Waals surface area contributed by atoms with Gasteiger partial charge in [-0.2, -0.15) is 0 Å². The van der Waals surface area contributed by atoms with E-state index in [-0.39, 0.29) is 5.54 Å². The average Bonchev–Trinajstić information content (AvgIpc) is 2.67. The van der Waals surface area contributed by atoms with Crippen LogP contribution in [0.2, 0.25) is 0 Å². The summed E-state index contributed by atoms with van der Waals surface area (Å²) >= 11 is 0. The second-order valence-corrected chi connectivity index (χ2v) is 4.86. The van der Waals surface area contributed by atoms with Crippen molar-refractivity contribution in [1.29, 1.82) is 0 Å². The largest absolute Gasteiger partial charge is 0.357 e. The highest BCUT2D eigenvalue weighted by Crippen LogP contribution is 2.27. The van der Waals surface area contributed by atoms with E-state index in [1.165, 1.54) is 5.56 Å². The molecule has 0 aliphatic carbocycles. The number of hydrogen-bond donors (Lipinski definition) is 1. The van der Waals surface area contributed by atoms with E-state index in [2.05, 4.69) is 54.1 Å². The molecular weight excluding hydrogens is 186 g/mol. The quantitative estimate of drug-likeness (QED) is 0.785. The van der Waals surface area contributed by atoms with Crippen molar-refractivity contribution in [3.8, 4) is 0 Å². The summed E-state index contributed by atoms with van der Waals surface area (Å²) in [5.74, 6) is 0. The van der Waals surface area contributed by atoms with E-state index in [0.717, 1.165) is 26.2 Å². The molecule has 0 amide bonds. The lowest BCUT2D eigenvalue weighted by Gasteiger charge is -2.41. The van der Waals surface area contributed by atoms with Gasteiger partial charge >= 0.3 is 0 Å². The first kappa shape index (κ1) is 10.7. The van der Waals surface area contributed by atoms with E-state index >= 15 is 0 Å². The molecule has 1 N–H and O–H groups in total. The lowest BCUT2D eigenvalue weighted by Crippen LogP contribution is -2.51. The van der Waals surface area contributed by atoms with E-state index < -0.39 is 0 Å². The Hall–Kier alpha value is -0.800. The predicted molar refractivity (Wildman–Crippen MR) is 62.9 cm³/mol. The second kappa shape index (κ2) is 3.99. The maximum atomic E-state index is 3.40. The van der Waals surface area contributed by atoms with Gasteiger partial charge in [-0.15, -0.1) is 0 Å². The number of hydrogen-bond acceptors (Lipinski definition) is 2. The van der Waals surface area contributed by atoms with Crippen molar-refractivity contribution in [3.63, 3.8) is 0 Å². The van der Waals surface area contributed by atoms with Crippen LogP contribution < -0.4 is 5.32 Å². The number of aromatic nitrogens is 1. The minimum atomic E-state index is 0.156. The Morgan fingerprint density at radius 2 is 1.93 bits per heavy atom. The highest BCUT2D eigenvalue weighted by Gasteiger charge is 2.29. The third kappa shape index (κ3) is 2.08. The van der Waals surface area contributed by atoms with Crippen LogP contribution in [-0.2, 0) is 12.6 Å². The first-order chi connectivity index (χ1) is 7.10. The lowest BCUT2D eigenvalue weighted by molar-refractivity contribution is 0.103. The fraction of sp³-hybridized carbons (Fsp3) is 0.667. The molecule has 3 nitrogen and oxygen atoms in total. The lowest BCUT2D eigenvalue weighted by atomic mass is 9.94. The van der Waals surface area contributed by atoms with Gasteiger partial charge < -0.3 is 9.88 Å². The average molecular weight is 207 g/mol. The van der Waals surface area contributed by atoms with Crippen LogP contribution in [0.4, 0.5) is 0 Å². The van der Waals surface area contributed by atoms with E-state index in [4.69, 9.17) is 0 Å². The summed E-state index contributed by atoms with van der Waals surface area (Å²) in [6.07, 6.45) is 4.35. The number of piperazine rings is 1. The maximum absolute atomic E-state index is 3.40. The van der Waals surface area contributed by atoms with Gasteiger partial charge in [0.2, 0.25) is 0 Å². The fourth-order valence-electron chi connectivity index (χ4n) is 2.27. The number of rotatable bonds is 2. The van der Waals surface area contributed by atoms with Gasteiger partial charge in [0.1, 0.15) is 0 Å². The van der Waals surface area contributed by atoms with Gasteiger partial charge in [0.05, 0.1) is 0 Å². The zero-order valence-corrected chi connectivity index (χ0v) is 9.95. The van der Waals surface area contributed by atoms with Crippen LogP contribution in [0.25, 0.3) is 0 Å². The molecule has 2 heterocycles. The van der Waals surface area contributed by atoms with Gasteiger partial charge in [-0.1, -0.05) is 0 Å². The Bertz CT molecular complexity index is 321. The first-order valence-electron chi connectivity index (χ1n) is 5.69. The van der Waals surface area contributed by atoms with Crippen molar-refractivity contribution in [2.24, 2.45) is 7.05 Å². The summed E-state index contributed by atoms with van der Waals surface area (Å²) in [6.45, 7) is 9.12. The molecule has 0 aromatic carbocycles. The molecule has 0 unspecified atom stereocenters. The van der Waals surface area contributed by atoms with E-state index in [0.29, 0.717) is 0 Å². The molecule has 1 aromatic heterocycles. The van der Waals surface area contributed by atoms with Gasteiger partial charge in [-0.05, 0) is 25.5 Å². The normalized spacial score (nSPS) is 19.4. The third-order valence-corrected chi connectivity index (χ3v) is 3.45. The molecule has 1 fully saturated rings. The molecule has 1 aliphatic rings. The van der Waals surface area contributed by atoms with Gasteiger partial charge in [-0.3, -0.25) is 4.90 Å². The monoisotopic (exact) mass is 207 g/mol. The van der Waals surface area contributed by atoms with Gasteiger partial charge in [0, 0.05) is 51.2 Å². The summed E-state index contributed by atoms with van der Waals surface area (Å²) in [5, 5.41) is 3.40. The molecule has 1 aromatic rings. The Balaban J connectivity index is 2.17. The molecule has 84 valence electrons. The highest BCUT2D eigenvalue weighted by atomic mass is 15.2. The van der Waals surface area contributed by atoms with Crippen LogP contribution in [0, 0.1) is 0 Å². The number of aryl methyl sites for hydroxylation is 1. The minimum Gasteiger partial charge on any atom is -0.357 e. The molecule has 0 radical (unpaired) electrons. The van der Waals surface area contributed by atoms with Crippen LogP contribution in [0.1, 0.15) is 19.4 Å². The van der Waals surface area contributed by atoms with Crippen LogP contribution in [-0.4, -0.2) is 35.6 Å². The molecule has 15 heavy (non-hydrogen) atoms. The summed E-state index contributed by atoms with van der Waals surface area (Å²) < 4.78 is 2.12. The fourth-order valence-corrected chi connectivity index (χ4v) is 2.27. The summed E-state index contributed by atoms with van der Waals surface area (Å²) in [5.41, 5.74) is 1.57. The zero-order chi connectivity index (χ0) is 10.9. The Kier molecular flexibility index (Phi) is 2.85. The van der Waals surface area contributed by atoms with E-state index in [1.54, 1.807) is 0 Å². The molecule has 0 bridgehead atoms. The SMILES string of the molecule is Cn1ccc(C(C)(C)N2CCNCC2)c1. The van der Waals surface area contributed by atoms with E-state index in [1.807, 2.05) is 0 Å². The molecule has 0 spiro atoms. The summed E-state index contributed by atoms with van der Waals surface area (Å²) in [7, 11) is 2.08. The molecule has 1 saturated heterocycles. The van der Waals surface area contributed by atoms with Crippen LogP contribution in [0.3, 0.4) is 0 Å². The van der Waals surface area contributed by atoms with Crippen LogP contribution in [0.5, 0.6) is 0 Å². The van der Waals surface area contributed by atoms with Crippen molar-refractivity contribution in [2.75, 3.05) is 26.2 Å². The van der Waals surface area contributed by atoms with Gasteiger partial charge in [0.15, 0.2) is 0 Å². The molecule has 2 rings (SSSR count). The Morgan fingerprint density at radius 1 is 1.27 bits per heavy atom. The smallest absolute Gasteiger partial charge is 0.0420 e. The van der Waals surface area contributed by atoms with Crippen LogP contribution in [0.15, 0.2) is 18.5 Å². The Labute approximate surface area is 92.1 Å². The molecule has 3 heteroatoms. The van der Waals surface area contributed by atoms with Crippen LogP contribution >= 0.6 is 0 Å². The summed E-state index contributed by atoms with van der Waals surface area (Å²) in [6, 6.07) is 2.22.